The molecule has 1 atom stereocenters. The van der Waals surface area contributed by atoms with E-state index < -0.39 is 5.91 Å². The zero-order valence-electron chi connectivity index (χ0n) is 16.4. The first-order valence-corrected chi connectivity index (χ1v) is 9.60. The second kappa shape index (κ2) is 8.53. The van der Waals surface area contributed by atoms with Gasteiger partial charge < -0.3 is 10.6 Å². The molecule has 2 amide bonds. The van der Waals surface area contributed by atoms with E-state index in [1.807, 2.05) is 55.5 Å². The summed E-state index contributed by atoms with van der Waals surface area (Å²) in [5, 5.41) is 5.76. The van der Waals surface area contributed by atoms with Crippen LogP contribution in [0.1, 0.15) is 39.4 Å². The maximum atomic E-state index is 12.9. The van der Waals surface area contributed by atoms with Crippen molar-refractivity contribution < 1.29 is 9.59 Å². The fourth-order valence-electron chi connectivity index (χ4n) is 3.14. The van der Waals surface area contributed by atoms with Crippen LogP contribution in [-0.4, -0.2) is 21.8 Å². The highest BCUT2D eigenvalue weighted by Gasteiger charge is 2.17. The van der Waals surface area contributed by atoms with Crippen LogP contribution in [0.2, 0.25) is 0 Å². The van der Waals surface area contributed by atoms with E-state index in [1.165, 1.54) is 6.20 Å². The minimum atomic E-state index is -0.426. The Labute approximate surface area is 174 Å². The molecule has 0 saturated carbocycles. The van der Waals surface area contributed by atoms with E-state index in [-0.39, 0.29) is 17.6 Å². The van der Waals surface area contributed by atoms with Gasteiger partial charge in [-0.05, 0) is 36.8 Å². The number of para-hydroxylation sites is 3. The fraction of sp³-hybridized carbons (Fsp3) is 0.0833. The number of carbonyl (C=O) groups is 2. The van der Waals surface area contributed by atoms with Gasteiger partial charge in [0.2, 0.25) is 0 Å². The molecule has 4 rings (SSSR count). The molecule has 4 aromatic rings. The smallest absolute Gasteiger partial charge is 0.275 e. The molecule has 2 N–H and O–H groups in total. The normalized spacial score (nSPS) is 11.6. The number of hydrogen-bond acceptors (Lipinski definition) is 4. The second-order valence-electron chi connectivity index (χ2n) is 6.85. The summed E-state index contributed by atoms with van der Waals surface area (Å²) in [4.78, 5) is 34.2. The Balaban J connectivity index is 1.53. The molecule has 1 aromatic heterocycles. The topological polar surface area (TPSA) is 84.0 Å². The molecule has 0 fully saturated rings. The van der Waals surface area contributed by atoms with Crippen molar-refractivity contribution in [3.8, 4) is 0 Å². The average Bonchev–Trinajstić information content (AvgIpc) is 2.79. The lowest BCUT2D eigenvalue weighted by Crippen LogP contribution is -2.28. The zero-order chi connectivity index (χ0) is 20.9. The lowest BCUT2D eigenvalue weighted by molar-refractivity contribution is 0.0941. The van der Waals surface area contributed by atoms with Gasteiger partial charge in [-0.3, -0.25) is 14.6 Å². The molecule has 0 aliphatic heterocycles. The number of fused-ring (bicyclic) bond motifs is 1. The van der Waals surface area contributed by atoms with Gasteiger partial charge in [0, 0.05) is 0 Å². The lowest BCUT2D eigenvalue weighted by Gasteiger charge is -2.16. The third kappa shape index (κ3) is 4.17. The van der Waals surface area contributed by atoms with Crippen LogP contribution < -0.4 is 10.6 Å². The van der Waals surface area contributed by atoms with Crippen molar-refractivity contribution in [2.75, 3.05) is 5.32 Å². The summed E-state index contributed by atoms with van der Waals surface area (Å²) in [7, 11) is 0. The number of aromatic nitrogens is 2. The first-order chi connectivity index (χ1) is 14.6. The number of benzene rings is 3. The summed E-state index contributed by atoms with van der Waals surface area (Å²) in [6.07, 6.45) is 1.43. The van der Waals surface area contributed by atoms with Gasteiger partial charge in [0.25, 0.3) is 11.8 Å². The lowest BCUT2D eigenvalue weighted by atomic mass is 10.1. The molecule has 148 valence electrons. The molecule has 0 saturated heterocycles. The SMILES string of the molecule is CC(NC(=O)c1ccccc1NC(=O)c1cnc2ccccc2n1)c1ccccc1. The number of rotatable bonds is 5. The molecule has 1 heterocycles. The maximum absolute atomic E-state index is 12.9. The van der Waals surface area contributed by atoms with Crippen LogP contribution in [0.4, 0.5) is 5.69 Å². The molecule has 0 bridgehead atoms. The Morgan fingerprint density at radius 2 is 1.47 bits per heavy atom. The molecule has 3 aromatic carbocycles. The first kappa shape index (κ1) is 19.3. The number of nitrogens with one attached hydrogen (secondary N) is 2. The number of anilines is 1. The Kier molecular flexibility index (Phi) is 5.48. The molecule has 0 radical (unpaired) electrons. The minimum Gasteiger partial charge on any atom is -0.345 e. The highest BCUT2D eigenvalue weighted by molar-refractivity contribution is 6.08. The molecule has 1 unspecified atom stereocenters. The van der Waals surface area contributed by atoms with Gasteiger partial charge in [-0.1, -0.05) is 54.6 Å². The maximum Gasteiger partial charge on any atom is 0.275 e. The Morgan fingerprint density at radius 1 is 0.800 bits per heavy atom. The monoisotopic (exact) mass is 396 g/mol. The van der Waals surface area contributed by atoms with Crippen LogP contribution in [0, 0.1) is 0 Å². The number of amides is 2. The van der Waals surface area contributed by atoms with Crippen molar-refractivity contribution in [2.45, 2.75) is 13.0 Å². The fourth-order valence-corrected chi connectivity index (χ4v) is 3.14. The summed E-state index contributed by atoms with van der Waals surface area (Å²) in [5.41, 5.74) is 3.31. The van der Waals surface area contributed by atoms with E-state index in [9.17, 15) is 9.59 Å². The minimum absolute atomic E-state index is 0.172. The molecule has 30 heavy (non-hydrogen) atoms. The Morgan fingerprint density at radius 3 is 2.27 bits per heavy atom. The van der Waals surface area contributed by atoms with Crippen molar-refractivity contribution in [3.05, 3.63) is 102 Å². The average molecular weight is 396 g/mol. The van der Waals surface area contributed by atoms with Gasteiger partial charge in [-0.2, -0.15) is 0 Å². The third-order valence-corrected chi connectivity index (χ3v) is 4.75. The number of hydrogen-bond donors (Lipinski definition) is 2. The standard InChI is InChI=1S/C24H20N4O2/c1-16(17-9-3-2-4-10-17)26-23(29)18-11-5-6-12-19(18)28-24(30)22-15-25-20-13-7-8-14-21(20)27-22/h2-16H,1H3,(H,26,29)(H,28,30). The van der Waals surface area contributed by atoms with Crippen LogP contribution in [0.15, 0.2) is 85.1 Å². The zero-order valence-corrected chi connectivity index (χ0v) is 16.4. The van der Waals surface area contributed by atoms with E-state index in [0.29, 0.717) is 22.3 Å². The molecule has 6 heteroatoms. The third-order valence-electron chi connectivity index (χ3n) is 4.75. The number of carbonyl (C=O) groups excluding carboxylic acids is 2. The van der Waals surface area contributed by atoms with Gasteiger partial charge >= 0.3 is 0 Å². The van der Waals surface area contributed by atoms with Gasteiger partial charge in [0.15, 0.2) is 0 Å². The van der Waals surface area contributed by atoms with Crippen LogP contribution >= 0.6 is 0 Å². The van der Waals surface area contributed by atoms with Crippen LogP contribution in [0.25, 0.3) is 11.0 Å². The van der Waals surface area contributed by atoms with Gasteiger partial charge in [-0.15, -0.1) is 0 Å². The van der Waals surface area contributed by atoms with Crippen molar-refractivity contribution >= 4 is 28.5 Å². The summed E-state index contributed by atoms with van der Waals surface area (Å²) < 4.78 is 0. The number of nitrogens with zero attached hydrogens (tertiary/aromatic N) is 2. The first-order valence-electron chi connectivity index (χ1n) is 9.60. The molecule has 0 aliphatic carbocycles. The van der Waals surface area contributed by atoms with Crippen molar-refractivity contribution in [1.82, 2.24) is 15.3 Å². The van der Waals surface area contributed by atoms with Crippen molar-refractivity contribution in [3.63, 3.8) is 0 Å². The van der Waals surface area contributed by atoms with Crippen molar-refractivity contribution in [1.29, 1.82) is 0 Å². The van der Waals surface area contributed by atoms with E-state index in [4.69, 9.17) is 0 Å². The summed E-state index contributed by atoms with van der Waals surface area (Å²) in [6, 6.07) is 23.7. The molecular weight excluding hydrogens is 376 g/mol. The Hall–Kier alpha value is -4.06. The van der Waals surface area contributed by atoms with Crippen LogP contribution in [0.5, 0.6) is 0 Å². The highest BCUT2D eigenvalue weighted by atomic mass is 16.2. The summed E-state index contributed by atoms with van der Waals surface area (Å²) >= 11 is 0. The van der Waals surface area contributed by atoms with Gasteiger partial charge in [0.05, 0.1) is 34.5 Å². The highest BCUT2D eigenvalue weighted by Crippen LogP contribution is 2.19. The largest absolute Gasteiger partial charge is 0.345 e. The quantitative estimate of drug-likeness (QED) is 0.525. The Bertz CT molecular complexity index is 1210. The van der Waals surface area contributed by atoms with E-state index in [2.05, 4.69) is 20.6 Å². The van der Waals surface area contributed by atoms with E-state index in [0.717, 1.165) is 5.56 Å². The van der Waals surface area contributed by atoms with Crippen LogP contribution in [-0.2, 0) is 0 Å². The predicted octanol–water partition coefficient (Wildman–Crippen LogP) is 4.37. The predicted molar refractivity (Wildman–Crippen MR) is 116 cm³/mol. The molecular formula is C24H20N4O2. The van der Waals surface area contributed by atoms with E-state index >= 15 is 0 Å². The summed E-state index contributed by atoms with van der Waals surface area (Å²) in [5.74, 6) is -0.698. The van der Waals surface area contributed by atoms with Gasteiger partial charge in [0.1, 0.15) is 5.69 Å². The molecule has 0 aliphatic rings. The van der Waals surface area contributed by atoms with Crippen LogP contribution in [0.3, 0.4) is 0 Å². The second-order valence-corrected chi connectivity index (χ2v) is 6.85. The molecule has 6 nitrogen and oxygen atoms in total. The van der Waals surface area contributed by atoms with E-state index in [1.54, 1.807) is 30.3 Å². The summed E-state index contributed by atoms with van der Waals surface area (Å²) in [6.45, 7) is 1.92. The van der Waals surface area contributed by atoms with Crippen molar-refractivity contribution in [2.24, 2.45) is 0 Å². The van der Waals surface area contributed by atoms with Gasteiger partial charge in [-0.25, -0.2) is 4.98 Å². The molecule has 0 spiro atoms.